The van der Waals surface area contributed by atoms with E-state index >= 15 is 0 Å². The average Bonchev–Trinajstić information content (AvgIpc) is 3.05. The maximum Gasteiger partial charge on any atom is 0.231 e. The number of hydrogen-bond acceptors (Lipinski definition) is 5. The second-order valence-corrected chi connectivity index (χ2v) is 7.00. The Bertz CT molecular complexity index is 654. The normalized spacial score (nSPS) is 18.0. The summed E-state index contributed by atoms with van der Waals surface area (Å²) < 4.78 is 5.42. The van der Waals surface area contributed by atoms with Crippen LogP contribution in [0.1, 0.15) is 49.0 Å². The van der Waals surface area contributed by atoms with E-state index in [-0.39, 0.29) is 5.41 Å². The summed E-state index contributed by atoms with van der Waals surface area (Å²) in [5.41, 5.74) is 2.58. The molecule has 3 rings (SSSR count). The second kappa shape index (κ2) is 7.45. The highest BCUT2D eigenvalue weighted by Gasteiger charge is 2.32. The van der Waals surface area contributed by atoms with Gasteiger partial charge in [-0.25, -0.2) is 0 Å². The van der Waals surface area contributed by atoms with E-state index in [1.807, 2.05) is 12.1 Å². The lowest BCUT2D eigenvalue weighted by Crippen LogP contribution is -2.41. The van der Waals surface area contributed by atoms with Gasteiger partial charge >= 0.3 is 0 Å². The number of hydrogen-bond donors (Lipinski definition) is 1. The SMILES string of the molecule is CCC1(CO)CCN(Cc2noc(Cc3ccccc3C)n2)CC1. The third-order valence-electron chi connectivity index (χ3n) is 5.48. The topological polar surface area (TPSA) is 62.4 Å². The summed E-state index contributed by atoms with van der Waals surface area (Å²) in [5, 5.41) is 13.8. The minimum Gasteiger partial charge on any atom is -0.396 e. The molecule has 1 N–H and O–H groups in total. The Morgan fingerprint density at radius 2 is 2.00 bits per heavy atom. The second-order valence-electron chi connectivity index (χ2n) is 7.00. The first kappa shape index (κ1) is 17.1. The van der Waals surface area contributed by atoms with Crippen molar-refractivity contribution in [2.24, 2.45) is 5.41 Å². The number of likely N-dealkylation sites (tertiary alicyclic amines) is 1. The van der Waals surface area contributed by atoms with E-state index in [9.17, 15) is 5.11 Å². The van der Waals surface area contributed by atoms with Crippen LogP contribution >= 0.6 is 0 Å². The Morgan fingerprint density at radius 1 is 1.25 bits per heavy atom. The van der Waals surface area contributed by atoms with E-state index in [0.29, 0.717) is 18.9 Å². The van der Waals surface area contributed by atoms with Crippen LogP contribution in [0.3, 0.4) is 0 Å². The number of piperidine rings is 1. The summed E-state index contributed by atoms with van der Waals surface area (Å²) in [6.45, 7) is 7.25. The predicted molar refractivity (Wildman–Crippen MR) is 92.6 cm³/mol. The van der Waals surface area contributed by atoms with Crippen LogP contribution in [-0.2, 0) is 13.0 Å². The van der Waals surface area contributed by atoms with Gasteiger partial charge in [-0.1, -0.05) is 36.3 Å². The standard InChI is InChI=1S/C19H27N3O2/c1-3-19(14-23)8-10-22(11-9-19)13-17-20-18(24-21-17)12-16-7-5-4-6-15(16)2/h4-7,23H,3,8-14H2,1-2H3. The monoisotopic (exact) mass is 329 g/mol. The van der Waals surface area contributed by atoms with Gasteiger partial charge in [0.2, 0.25) is 5.89 Å². The third kappa shape index (κ3) is 3.84. The van der Waals surface area contributed by atoms with Crippen molar-refractivity contribution in [2.45, 2.75) is 46.1 Å². The molecule has 1 fully saturated rings. The Hall–Kier alpha value is -1.72. The van der Waals surface area contributed by atoms with Gasteiger partial charge in [0, 0.05) is 6.61 Å². The Morgan fingerprint density at radius 3 is 2.67 bits per heavy atom. The molecule has 130 valence electrons. The van der Waals surface area contributed by atoms with Crippen molar-refractivity contribution in [1.29, 1.82) is 0 Å². The lowest BCUT2D eigenvalue weighted by atomic mass is 9.77. The van der Waals surface area contributed by atoms with E-state index < -0.39 is 0 Å². The highest BCUT2D eigenvalue weighted by Crippen LogP contribution is 2.34. The van der Waals surface area contributed by atoms with Crippen molar-refractivity contribution >= 4 is 0 Å². The molecule has 0 unspecified atom stereocenters. The molecule has 1 aliphatic rings. The number of benzene rings is 1. The molecule has 1 aromatic carbocycles. The van der Waals surface area contributed by atoms with Crippen molar-refractivity contribution in [3.8, 4) is 0 Å². The first-order chi connectivity index (χ1) is 11.6. The first-order valence-electron chi connectivity index (χ1n) is 8.83. The number of aliphatic hydroxyl groups excluding tert-OH is 1. The average molecular weight is 329 g/mol. The predicted octanol–water partition coefficient (Wildman–Crippen LogP) is 2.95. The Kier molecular flexibility index (Phi) is 5.31. The number of aromatic nitrogens is 2. The van der Waals surface area contributed by atoms with Crippen LogP contribution < -0.4 is 0 Å². The fourth-order valence-electron chi connectivity index (χ4n) is 3.41. The van der Waals surface area contributed by atoms with Gasteiger partial charge in [-0.2, -0.15) is 4.98 Å². The molecule has 0 radical (unpaired) electrons. The fraction of sp³-hybridized carbons (Fsp3) is 0.579. The Balaban J connectivity index is 1.56. The summed E-state index contributed by atoms with van der Waals surface area (Å²) in [6, 6.07) is 8.27. The van der Waals surface area contributed by atoms with E-state index in [4.69, 9.17) is 4.52 Å². The van der Waals surface area contributed by atoms with Gasteiger partial charge in [0.05, 0.1) is 13.0 Å². The maximum atomic E-state index is 9.63. The molecule has 0 saturated carbocycles. The largest absolute Gasteiger partial charge is 0.396 e. The molecular weight excluding hydrogens is 302 g/mol. The molecule has 0 spiro atoms. The maximum absolute atomic E-state index is 9.63. The molecule has 0 bridgehead atoms. The van der Waals surface area contributed by atoms with Gasteiger partial charge in [0.15, 0.2) is 5.82 Å². The van der Waals surface area contributed by atoms with E-state index in [1.165, 1.54) is 11.1 Å². The Labute approximate surface area is 143 Å². The number of aliphatic hydroxyl groups is 1. The summed E-state index contributed by atoms with van der Waals surface area (Å²) >= 11 is 0. The third-order valence-corrected chi connectivity index (χ3v) is 5.48. The highest BCUT2D eigenvalue weighted by molar-refractivity contribution is 5.27. The van der Waals surface area contributed by atoms with Crippen LogP contribution in [0, 0.1) is 12.3 Å². The van der Waals surface area contributed by atoms with Crippen molar-refractivity contribution in [3.63, 3.8) is 0 Å². The summed E-state index contributed by atoms with van der Waals surface area (Å²) in [4.78, 5) is 6.90. The van der Waals surface area contributed by atoms with Crippen molar-refractivity contribution in [1.82, 2.24) is 15.0 Å². The summed E-state index contributed by atoms with van der Waals surface area (Å²) in [5.74, 6) is 1.43. The van der Waals surface area contributed by atoms with Gasteiger partial charge in [0.1, 0.15) is 0 Å². The van der Waals surface area contributed by atoms with Gasteiger partial charge in [0.25, 0.3) is 0 Å². The zero-order chi connectivity index (χ0) is 17.0. The fourth-order valence-corrected chi connectivity index (χ4v) is 3.41. The lowest BCUT2D eigenvalue weighted by molar-refractivity contribution is 0.0371. The molecule has 1 saturated heterocycles. The highest BCUT2D eigenvalue weighted by atomic mass is 16.5. The van der Waals surface area contributed by atoms with Gasteiger partial charge < -0.3 is 9.63 Å². The molecule has 0 aliphatic carbocycles. The molecule has 2 heterocycles. The van der Waals surface area contributed by atoms with E-state index in [0.717, 1.165) is 44.7 Å². The van der Waals surface area contributed by atoms with Crippen molar-refractivity contribution in [3.05, 3.63) is 47.1 Å². The van der Waals surface area contributed by atoms with Crippen molar-refractivity contribution < 1.29 is 9.63 Å². The number of aryl methyl sites for hydroxylation is 1. The van der Waals surface area contributed by atoms with Gasteiger partial charge in [-0.3, -0.25) is 4.90 Å². The smallest absolute Gasteiger partial charge is 0.231 e. The minimum atomic E-state index is 0.115. The zero-order valence-corrected chi connectivity index (χ0v) is 14.7. The van der Waals surface area contributed by atoms with Crippen molar-refractivity contribution in [2.75, 3.05) is 19.7 Å². The van der Waals surface area contributed by atoms with Gasteiger partial charge in [-0.05, 0) is 55.8 Å². The lowest BCUT2D eigenvalue weighted by Gasteiger charge is -2.39. The molecule has 1 aliphatic heterocycles. The molecule has 5 heteroatoms. The number of nitrogens with zero attached hydrogens (tertiary/aromatic N) is 3. The molecule has 2 aromatic rings. The van der Waals surface area contributed by atoms with Crippen LogP contribution in [-0.4, -0.2) is 39.8 Å². The van der Waals surface area contributed by atoms with Crippen LogP contribution in [0.25, 0.3) is 0 Å². The van der Waals surface area contributed by atoms with E-state index in [1.54, 1.807) is 0 Å². The van der Waals surface area contributed by atoms with Crippen LogP contribution in [0.5, 0.6) is 0 Å². The van der Waals surface area contributed by atoms with E-state index in [2.05, 4.69) is 41.0 Å². The zero-order valence-electron chi connectivity index (χ0n) is 14.7. The first-order valence-corrected chi connectivity index (χ1v) is 8.83. The summed E-state index contributed by atoms with van der Waals surface area (Å²) in [6.07, 6.45) is 3.80. The molecule has 1 aromatic heterocycles. The van der Waals surface area contributed by atoms with Gasteiger partial charge in [-0.15, -0.1) is 0 Å². The minimum absolute atomic E-state index is 0.115. The van der Waals surface area contributed by atoms with Crippen LogP contribution in [0.15, 0.2) is 28.8 Å². The molecule has 24 heavy (non-hydrogen) atoms. The summed E-state index contributed by atoms with van der Waals surface area (Å²) in [7, 11) is 0. The van der Waals surface area contributed by atoms with Crippen LogP contribution in [0.2, 0.25) is 0 Å². The van der Waals surface area contributed by atoms with Crippen LogP contribution in [0.4, 0.5) is 0 Å². The molecule has 5 nitrogen and oxygen atoms in total. The molecule has 0 atom stereocenters. The quantitative estimate of drug-likeness (QED) is 0.883. The molecular formula is C19H27N3O2. The number of rotatable bonds is 6. The molecule has 0 amide bonds.